The lowest BCUT2D eigenvalue weighted by atomic mass is 10.0. The predicted octanol–water partition coefficient (Wildman–Crippen LogP) is -1.08. The van der Waals surface area contributed by atoms with Crippen molar-refractivity contribution in [3.05, 3.63) is 23.8 Å². The van der Waals surface area contributed by atoms with Crippen LogP contribution in [0, 0.1) is 0 Å². The van der Waals surface area contributed by atoms with Crippen molar-refractivity contribution in [1.29, 1.82) is 0 Å². The van der Waals surface area contributed by atoms with Gasteiger partial charge in [0.2, 0.25) is 16.8 Å². The van der Waals surface area contributed by atoms with Crippen molar-refractivity contribution in [3.63, 3.8) is 0 Å². The fraction of sp³-hybridized carbons (Fsp3) is 0.571. The highest BCUT2D eigenvalue weighted by atomic mass is 32.2. The summed E-state index contributed by atoms with van der Waals surface area (Å²) in [6.45, 7) is 3.67. The Kier molecular flexibility index (Phi) is 4.53. The van der Waals surface area contributed by atoms with Crippen LogP contribution in [0.2, 0.25) is 0 Å². The molecule has 0 unspecified atom stereocenters. The number of fused-ring (bicyclic) bond motifs is 1. The molecule has 0 aliphatic carbocycles. The molecule has 0 radical (unpaired) electrons. The van der Waals surface area contributed by atoms with Crippen LogP contribution in [0.25, 0.3) is 0 Å². The maximum atomic E-state index is 11.4. The van der Waals surface area contributed by atoms with E-state index in [4.69, 9.17) is 14.2 Å². The fourth-order valence-corrected chi connectivity index (χ4v) is 3.31. The van der Waals surface area contributed by atoms with Gasteiger partial charge in [-0.25, -0.2) is 13.1 Å². The van der Waals surface area contributed by atoms with Crippen molar-refractivity contribution in [1.82, 2.24) is 4.72 Å². The molecule has 122 valence electrons. The Hall–Kier alpha value is -1.35. The number of hydrogen-bond acceptors (Lipinski definition) is 5. The van der Waals surface area contributed by atoms with E-state index in [1.807, 2.05) is 18.2 Å². The predicted molar refractivity (Wildman–Crippen MR) is 79.7 cm³/mol. The molecule has 0 saturated carbocycles. The Bertz CT molecular complexity index is 628. The van der Waals surface area contributed by atoms with Gasteiger partial charge in [-0.15, -0.1) is 0 Å². The summed E-state index contributed by atoms with van der Waals surface area (Å²) in [5.74, 6) is 1.45. The molecule has 2 heterocycles. The quantitative estimate of drug-likeness (QED) is 0.719. The van der Waals surface area contributed by atoms with E-state index in [1.165, 1.54) is 11.2 Å². The highest BCUT2D eigenvalue weighted by Gasteiger charge is 2.28. The molecule has 7 nitrogen and oxygen atoms in total. The fourth-order valence-electron chi connectivity index (χ4n) is 2.84. The van der Waals surface area contributed by atoms with Gasteiger partial charge in [0.1, 0.15) is 19.1 Å². The molecule has 8 heteroatoms. The minimum atomic E-state index is -3.23. The summed E-state index contributed by atoms with van der Waals surface area (Å²) in [6, 6.07) is 5.82. The molecule has 2 N–H and O–H groups in total. The average molecular weight is 329 g/mol. The van der Waals surface area contributed by atoms with E-state index < -0.39 is 10.0 Å². The molecular formula is C14H21N2O5S+. The van der Waals surface area contributed by atoms with Gasteiger partial charge in [0.05, 0.1) is 26.0 Å². The van der Waals surface area contributed by atoms with Crippen LogP contribution in [-0.4, -0.2) is 54.3 Å². The Morgan fingerprint density at radius 3 is 2.68 bits per heavy atom. The summed E-state index contributed by atoms with van der Waals surface area (Å²) >= 11 is 0. The van der Waals surface area contributed by atoms with Gasteiger partial charge in [-0.05, 0) is 18.2 Å². The first-order chi connectivity index (χ1) is 10.5. The van der Waals surface area contributed by atoms with E-state index in [-0.39, 0.29) is 12.8 Å². The summed E-state index contributed by atoms with van der Waals surface area (Å²) in [4.78, 5) is 1.31. The van der Waals surface area contributed by atoms with Gasteiger partial charge in [0.25, 0.3) is 0 Å². The number of hydrogen-bond donors (Lipinski definition) is 2. The third-order valence-corrected chi connectivity index (χ3v) is 4.67. The molecule has 1 aromatic carbocycles. The van der Waals surface area contributed by atoms with Crippen molar-refractivity contribution in [2.24, 2.45) is 0 Å². The highest BCUT2D eigenvalue weighted by Crippen LogP contribution is 2.33. The number of nitrogens with one attached hydrogen (secondary N) is 2. The Morgan fingerprint density at radius 1 is 1.23 bits per heavy atom. The third-order valence-electron chi connectivity index (χ3n) is 3.98. The summed E-state index contributed by atoms with van der Waals surface area (Å²) in [7, 11) is -3.23. The van der Waals surface area contributed by atoms with E-state index in [2.05, 4.69) is 4.72 Å². The number of morpholine rings is 1. The van der Waals surface area contributed by atoms with Gasteiger partial charge >= 0.3 is 0 Å². The van der Waals surface area contributed by atoms with Crippen LogP contribution in [0.1, 0.15) is 11.6 Å². The van der Waals surface area contributed by atoms with Crippen LogP contribution >= 0.6 is 0 Å². The first kappa shape index (κ1) is 15.5. The molecule has 0 bridgehead atoms. The van der Waals surface area contributed by atoms with Gasteiger partial charge in [-0.2, -0.15) is 0 Å². The van der Waals surface area contributed by atoms with Crippen molar-refractivity contribution in [2.75, 3.05) is 45.9 Å². The molecule has 2 aliphatic rings. The largest absolute Gasteiger partial charge is 0.454 e. The van der Waals surface area contributed by atoms with Gasteiger partial charge < -0.3 is 19.1 Å². The van der Waals surface area contributed by atoms with E-state index >= 15 is 0 Å². The number of sulfonamides is 1. The average Bonchev–Trinajstić information content (AvgIpc) is 2.95. The molecule has 0 amide bonds. The van der Waals surface area contributed by atoms with E-state index in [0.717, 1.165) is 30.2 Å². The molecule has 0 aromatic heterocycles. The molecule has 3 rings (SSSR count). The second-order valence-electron chi connectivity index (χ2n) is 5.56. The number of rotatable bonds is 5. The zero-order valence-electron chi connectivity index (χ0n) is 12.5. The lowest BCUT2D eigenvalue weighted by Crippen LogP contribution is -3.15. The van der Waals surface area contributed by atoms with Gasteiger partial charge in [0.15, 0.2) is 11.5 Å². The standard InChI is InChI=1S/C14H20N2O5S/c1-22(17,18)15-9-12(16-4-6-19-7-5-16)11-2-3-13-14(8-11)21-10-20-13/h2-3,8,12,15H,4-7,9-10H2,1H3/p+1/t12-/m1/s1. The molecule has 1 fully saturated rings. The van der Waals surface area contributed by atoms with Gasteiger partial charge in [-0.3, -0.25) is 0 Å². The second-order valence-corrected chi connectivity index (χ2v) is 7.39. The zero-order valence-corrected chi connectivity index (χ0v) is 13.3. The number of ether oxygens (including phenoxy) is 3. The Balaban J connectivity index is 1.83. The van der Waals surface area contributed by atoms with Gasteiger partial charge in [-0.1, -0.05) is 0 Å². The highest BCUT2D eigenvalue weighted by molar-refractivity contribution is 7.88. The lowest BCUT2D eigenvalue weighted by Gasteiger charge is -2.31. The number of quaternary nitrogens is 1. The third kappa shape index (κ3) is 3.70. The Morgan fingerprint density at radius 2 is 1.95 bits per heavy atom. The van der Waals surface area contributed by atoms with Crippen LogP contribution in [0.15, 0.2) is 18.2 Å². The molecule has 2 aliphatic heterocycles. The first-order valence-electron chi connectivity index (χ1n) is 7.29. The summed E-state index contributed by atoms with van der Waals surface area (Å²) < 4.78 is 41.7. The Labute approximate surface area is 130 Å². The summed E-state index contributed by atoms with van der Waals surface area (Å²) in [6.07, 6.45) is 1.18. The molecule has 22 heavy (non-hydrogen) atoms. The van der Waals surface area contributed by atoms with Crippen molar-refractivity contribution >= 4 is 10.0 Å². The molecule has 1 saturated heterocycles. The maximum Gasteiger partial charge on any atom is 0.231 e. The normalized spacial score (nSPS) is 20.0. The maximum absolute atomic E-state index is 11.4. The lowest BCUT2D eigenvalue weighted by molar-refractivity contribution is -0.937. The smallest absolute Gasteiger partial charge is 0.231 e. The van der Waals surface area contributed by atoms with E-state index in [0.29, 0.717) is 19.8 Å². The molecule has 1 atom stereocenters. The van der Waals surface area contributed by atoms with Crippen LogP contribution in [0.5, 0.6) is 11.5 Å². The van der Waals surface area contributed by atoms with Crippen LogP contribution in [0.3, 0.4) is 0 Å². The van der Waals surface area contributed by atoms with Crippen molar-refractivity contribution < 1.29 is 27.5 Å². The second kappa shape index (κ2) is 6.41. The van der Waals surface area contributed by atoms with E-state index in [9.17, 15) is 8.42 Å². The van der Waals surface area contributed by atoms with Crippen molar-refractivity contribution in [2.45, 2.75) is 6.04 Å². The minimum absolute atomic E-state index is 0.0214. The van der Waals surface area contributed by atoms with Crippen LogP contribution in [-0.2, 0) is 14.8 Å². The molecular weight excluding hydrogens is 308 g/mol. The SMILES string of the molecule is CS(=O)(=O)NC[C@H](c1ccc2c(c1)OCO2)[NH+]1CCOCC1. The zero-order chi connectivity index (χ0) is 15.6. The van der Waals surface area contributed by atoms with Crippen LogP contribution in [0.4, 0.5) is 0 Å². The van der Waals surface area contributed by atoms with Gasteiger partial charge in [0, 0.05) is 5.56 Å². The molecule has 0 spiro atoms. The number of benzene rings is 1. The molecule has 1 aromatic rings. The topological polar surface area (TPSA) is 78.3 Å². The first-order valence-corrected chi connectivity index (χ1v) is 9.18. The van der Waals surface area contributed by atoms with Crippen molar-refractivity contribution in [3.8, 4) is 11.5 Å². The summed E-state index contributed by atoms with van der Waals surface area (Å²) in [5, 5.41) is 0. The summed E-state index contributed by atoms with van der Waals surface area (Å²) in [5.41, 5.74) is 1.04. The van der Waals surface area contributed by atoms with E-state index in [1.54, 1.807) is 0 Å². The van der Waals surface area contributed by atoms with Crippen LogP contribution < -0.4 is 19.1 Å². The monoisotopic (exact) mass is 329 g/mol. The minimum Gasteiger partial charge on any atom is -0.454 e.